The first kappa shape index (κ1) is 27.9. The zero-order valence-corrected chi connectivity index (χ0v) is 27.8. The summed E-state index contributed by atoms with van der Waals surface area (Å²) in [4.78, 5) is 10.7. The molecule has 0 amide bonds. The van der Waals surface area contributed by atoms with Crippen LogP contribution in [-0.4, -0.2) is 11.7 Å². The third kappa shape index (κ3) is 4.17. The van der Waals surface area contributed by atoms with E-state index in [9.17, 15) is 0 Å². The lowest BCUT2D eigenvalue weighted by Crippen LogP contribution is -2.36. The van der Waals surface area contributed by atoms with Gasteiger partial charge in [-0.2, -0.15) is 0 Å². The number of allylic oxidation sites excluding steroid dienone is 1. The Hall–Kier alpha value is -6.04. The molecule has 0 bridgehead atoms. The summed E-state index contributed by atoms with van der Waals surface area (Å²) >= 11 is 1.79. The molecule has 0 radical (unpaired) electrons. The molecule has 5 heteroatoms. The maximum absolute atomic E-state index is 6.58. The second-order valence-electron chi connectivity index (χ2n) is 13.2. The molecule has 4 nitrogen and oxygen atoms in total. The maximum Gasteiger partial charge on any atom is 0.171 e. The molecule has 1 N–H and O–H groups in total. The Labute approximate surface area is 291 Å². The van der Waals surface area contributed by atoms with Gasteiger partial charge in [0, 0.05) is 47.6 Å². The Bertz CT molecular complexity index is 2960. The van der Waals surface area contributed by atoms with Crippen LogP contribution in [0.2, 0.25) is 0 Å². The standard InChI is InChI=1S/C45H29N3OS/c1-2-11-27(12-3-1)43-46-44(29-20-21-31-28(24-29)19-23-32-30-13-5-4-10-26(30)18-22-33(31)32)48-45(47-43)37-25-36-34-14-6-8-16-38(34)49-41(36)40-35-15-7-9-17-39(35)50-42(37)40/h1-3,5-9,11-25,45H,4,10H2,(H,46,47,48). The van der Waals surface area contributed by atoms with E-state index < -0.39 is 6.17 Å². The van der Waals surface area contributed by atoms with Crippen molar-refractivity contribution in [2.24, 2.45) is 9.98 Å². The maximum atomic E-state index is 6.58. The summed E-state index contributed by atoms with van der Waals surface area (Å²) < 4.78 is 8.96. The second kappa shape index (κ2) is 10.7. The fourth-order valence-corrected chi connectivity index (χ4v) is 9.21. The van der Waals surface area contributed by atoms with E-state index in [4.69, 9.17) is 14.4 Å². The van der Waals surface area contributed by atoms with Crippen LogP contribution < -0.4 is 5.32 Å². The van der Waals surface area contributed by atoms with Gasteiger partial charge >= 0.3 is 0 Å². The monoisotopic (exact) mass is 659 g/mol. The average Bonchev–Trinajstić information content (AvgIpc) is 3.76. The summed E-state index contributed by atoms with van der Waals surface area (Å²) in [5.74, 6) is 1.62. The number of hydrogen-bond donors (Lipinski definition) is 1. The summed E-state index contributed by atoms with van der Waals surface area (Å²) in [5.41, 5.74) is 7.75. The zero-order chi connectivity index (χ0) is 32.8. The smallest absolute Gasteiger partial charge is 0.171 e. The van der Waals surface area contributed by atoms with Gasteiger partial charge in [0.2, 0.25) is 0 Å². The topological polar surface area (TPSA) is 49.9 Å². The number of hydrogen-bond acceptors (Lipinski definition) is 5. The molecule has 2 aliphatic rings. The molecule has 1 unspecified atom stereocenters. The van der Waals surface area contributed by atoms with Gasteiger partial charge < -0.3 is 9.73 Å². The Kier molecular flexibility index (Phi) is 5.98. The summed E-state index contributed by atoms with van der Waals surface area (Å²) in [6.45, 7) is 0. The molecule has 7 aromatic carbocycles. The number of nitrogens with zero attached hydrogens (tertiary/aromatic N) is 2. The number of thiophene rings is 1. The number of nitrogens with one attached hydrogen (secondary N) is 1. The highest BCUT2D eigenvalue weighted by atomic mass is 32.1. The van der Waals surface area contributed by atoms with Crippen LogP contribution in [0.5, 0.6) is 0 Å². The van der Waals surface area contributed by atoms with Crippen molar-refractivity contribution in [2.45, 2.75) is 19.0 Å². The van der Waals surface area contributed by atoms with Gasteiger partial charge in [0.1, 0.15) is 22.8 Å². The largest absolute Gasteiger partial charge is 0.455 e. The minimum Gasteiger partial charge on any atom is -0.455 e. The minimum atomic E-state index is -0.458. The molecule has 3 heterocycles. The van der Waals surface area contributed by atoms with Crippen molar-refractivity contribution >= 4 is 92.7 Å². The third-order valence-electron chi connectivity index (χ3n) is 10.4. The van der Waals surface area contributed by atoms with Crippen LogP contribution in [0.15, 0.2) is 148 Å². The van der Waals surface area contributed by atoms with E-state index in [0.29, 0.717) is 0 Å². The van der Waals surface area contributed by atoms with Crippen molar-refractivity contribution in [2.75, 3.05) is 0 Å². The Morgan fingerprint density at radius 3 is 2.34 bits per heavy atom. The van der Waals surface area contributed by atoms with Crippen molar-refractivity contribution in [3.63, 3.8) is 0 Å². The number of para-hydroxylation sites is 1. The molecule has 50 heavy (non-hydrogen) atoms. The lowest BCUT2D eigenvalue weighted by atomic mass is 9.90. The number of furan rings is 1. The van der Waals surface area contributed by atoms with Crippen LogP contribution in [0.4, 0.5) is 0 Å². The van der Waals surface area contributed by atoms with E-state index in [0.717, 1.165) is 73.2 Å². The fourth-order valence-electron chi connectivity index (χ4n) is 7.98. The predicted octanol–water partition coefficient (Wildman–Crippen LogP) is 11.7. The second-order valence-corrected chi connectivity index (χ2v) is 14.3. The van der Waals surface area contributed by atoms with E-state index in [1.54, 1.807) is 11.3 Å². The van der Waals surface area contributed by atoms with Gasteiger partial charge in [0.05, 0.1) is 0 Å². The molecule has 0 saturated carbocycles. The lowest BCUT2D eigenvalue weighted by molar-refractivity contribution is 0.672. The summed E-state index contributed by atoms with van der Waals surface area (Å²) in [6, 6.07) is 45.4. The van der Waals surface area contributed by atoms with Gasteiger partial charge in [-0.15, -0.1) is 11.3 Å². The van der Waals surface area contributed by atoms with Crippen molar-refractivity contribution in [1.82, 2.24) is 5.32 Å². The van der Waals surface area contributed by atoms with Crippen LogP contribution in [-0.2, 0) is 6.42 Å². The summed E-state index contributed by atoms with van der Waals surface area (Å²) in [6.07, 6.45) is 6.35. The van der Waals surface area contributed by atoms with Gasteiger partial charge in [0.25, 0.3) is 0 Å². The van der Waals surface area contributed by atoms with Crippen molar-refractivity contribution in [1.29, 1.82) is 0 Å². The van der Waals surface area contributed by atoms with E-state index in [2.05, 4.69) is 133 Å². The number of amidine groups is 2. The Morgan fingerprint density at radius 2 is 1.42 bits per heavy atom. The van der Waals surface area contributed by atoms with Crippen LogP contribution >= 0.6 is 11.3 Å². The molecule has 0 spiro atoms. The van der Waals surface area contributed by atoms with Crippen molar-refractivity contribution in [3.8, 4) is 0 Å². The first-order valence-electron chi connectivity index (χ1n) is 17.2. The molecule has 236 valence electrons. The average molecular weight is 660 g/mol. The van der Waals surface area contributed by atoms with Crippen LogP contribution in [0.3, 0.4) is 0 Å². The SMILES string of the molecule is C1=Cc2c(ccc3c2ccc2cc(C4=NC(c5cc6c7ccccc7oc6c6c5sc5ccccc56)N=C(c5ccccc5)N4)ccc23)CC1. The number of aryl methyl sites for hydroxylation is 1. The van der Waals surface area contributed by atoms with Crippen LogP contribution in [0.1, 0.15) is 40.4 Å². The quantitative estimate of drug-likeness (QED) is 0.192. The highest BCUT2D eigenvalue weighted by Gasteiger charge is 2.26. The lowest BCUT2D eigenvalue weighted by Gasteiger charge is -2.23. The highest BCUT2D eigenvalue weighted by molar-refractivity contribution is 7.26. The molecule has 1 atom stereocenters. The molecule has 0 fully saturated rings. The van der Waals surface area contributed by atoms with Gasteiger partial charge in [0.15, 0.2) is 6.17 Å². The van der Waals surface area contributed by atoms with Gasteiger partial charge in [-0.05, 0) is 69.8 Å². The summed E-state index contributed by atoms with van der Waals surface area (Å²) in [7, 11) is 0. The molecule has 11 rings (SSSR count). The Balaban J connectivity index is 1.13. The van der Waals surface area contributed by atoms with Crippen molar-refractivity contribution < 1.29 is 4.42 Å². The predicted molar refractivity (Wildman–Crippen MR) is 211 cm³/mol. The zero-order valence-electron chi connectivity index (χ0n) is 27.0. The normalized spacial score (nSPS) is 16.0. The molecule has 1 aliphatic carbocycles. The summed E-state index contributed by atoms with van der Waals surface area (Å²) in [5, 5.41) is 13.2. The Morgan fingerprint density at radius 1 is 0.640 bits per heavy atom. The minimum absolute atomic E-state index is 0.458. The van der Waals surface area contributed by atoms with E-state index in [1.165, 1.54) is 42.8 Å². The molecule has 1 aliphatic heterocycles. The third-order valence-corrected chi connectivity index (χ3v) is 11.6. The molecular weight excluding hydrogens is 631 g/mol. The van der Waals surface area contributed by atoms with Gasteiger partial charge in [-0.1, -0.05) is 115 Å². The number of rotatable bonds is 3. The van der Waals surface area contributed by atoms with E-state index >= 15 is 0 Å². The van der Waals surface area contributed by atoms with Crippen LogP contribution in [0.25, 0.3) is 69.7 Å². The highest BCUT2D eigenvalue weighted by Crippen LogP contribution is 2.46. The number of benzene rings is 7. The molecule has 2 aromatic heterocycles. The molecule has 9 aromatic rings. The number of aliphatic imine (C=N–C) groups is 2. The van der Waals surface area contributed by atoms with Crippen molar-refractivity contribution in [3.05, 3.63) is 161 Å². The fraction of sp³-hybridized carbons (Fsp3) is 0.0667. The first-order chi connectivity index (χ1) is 24.8. The van der Waals surface area contributed by atoms with Gasteiger partial charge in [-0.3, -0.25) is 0 Å². The van der Waals surface area contributed by atoms with E-state index in [-0.39, 0.29) is 0 Å². The molecular formula is C45H29N3OS. The van der Waals surface area contributed by atoms with E-state index in [1.807, 2.05) is 12.1 Å². The van der Waals surface area contributed by atoms with Gasteiger partial charge in [-0.25, -0.2) is 9.98 Å². The molecule has 0 saturated heterocycles. The first-order valence-corrected chi connectivity index (χ1v) is 18.0. The number of fused-ring (bicyclic) bond motifs is 12. The van der Waals surface area contributed by atoms with Crippen LogP contribution in [0, 0.1) is 0 Å².